The third-order valence-electron chi connectivity index (χ3n) is 2.74. The van der Waals surface area contributed by atoms with Gasteiger partial charge in [0, 0.05) is 0 Å². The van der Waals surface area contributed by atoms with Crippen LogP contribution < -0.4 is 11.1 Å². The Balaban J connectivity index is 2.29. The number of oxime groups is 1. The molecule has 0 unspecified atom stereocenters. The van der Waals surface area contributed by atoms with Gasteiger partial charge in [-0.3, -0.25) is 9.89 Å². The fourth-order valence-electron chi connectivity index (χ4n) is 1.65. The van der Waals surface area contributed by atoms with E-state index >= 15 is 0 Å². The Hall–Kier alpha value is -3.03. The first-order valence-corrected chi connectivity index (χ1v) is 5.65. The Morgan fingerprint density at radius 2 is 2.20 bits per heavy atom. The van der Waals surface area contributed by atoms with Crippen molar-refractivity contribution < 1.29 is 15.1 Å². The maximum atomic E-state index is 12.1. The minimum atomic E-state index is -0.539. The third-order valence-corrected chi connectivity index (χ3v) is 2.74. The van der Waals surface area contributed by atoms with E-state index in [1.165, 1.54) is 12.3 Å². The van der Waals surface area contributed by atoms with Crippen LogP contribution in [0.5, 0.6) is 5.75 Å². The Morgan fingerprint density at radius 1 is 1.45 bits per heavy atom. The third kappa shape index (κ3) is 2.39. The number of nitrogens with one attached hydrogen (secondary N) is 2. The Kier molecular flexibility index (Phi) is 3.56. The van der Waals surface area contributed by atoms with Crippen LogP contribution in [0.4, 0.5) is 5.82 Å². The first-order chi connectivity index (χ1) is 9.54. The van der Waals surface area contributed by atoms with Crippen molar-refractivity contribution in [3.8, 4) is 5.75 Å². The number of aromatic amines is 1. The molecule has 0 atom stereocenters. The van der Waals surface area contributed by atoms with Crippen LogP contribution in [-0.4, -0.2) is 32.3 Å². The number of hydrogen-bond acceptors (Lipinski definition) is 5. The van der Waals surface area contributed by atoms with Crippen molar-refractivity contribution >= 4 is 17.6 Å². The SMILES string of the molecule is Cc1cccc(C(=O)Nc2[nH]ncc2C(N)=NO)c1O. The summed E-state index contributed by atoms with van der Waals surface area (Å²) in [5.41, 5.74) is 6.39. The van der Waals surface area contributed by atoms with Gasteiger partial charge in [0.2, 0.25) is 0 Å². The molecular formula is C12H13N5O3. The number of carbonyl (C=O) groups excluding carboxylic acids is 1. The largest absolute Gasteiger partial charge is 0.507 e. The van der Waals surface area contributed by atoms with Gasteiger partial charge >= 0.3 is 0 Å². The number of benzene rings is 1. The number of aromatic hydroxyl groups is 1. The molecule has 0 radical (unpaired) electrons. The monoisotopic (exact) mass is 275 g/mol. The number of H-pyrrole nitrogens is 1. The van der Waals surface area contributed by atoms with E-state index < -0.39 is 5.91 Å². The molecule has 6 N–H and O–H groups in total. The average Bonchev–Trinajstić information content (AvgIpc) is 2.89. The second-order valence-corrected chi connectivity index (χ2v) is 4.07. The molecule has 8 nitrogen and oxygen atoms in total. The highest BCUT2D eigenvalue weighted by Crippen LogP contribution is 2.22. The molecule has 0 aliphatic rings. The van der Waals surface area contributed by atoms with Gasteiger partial charge in [-0.25, -0.2) is 0 Å². The van der Waals surface area contributed by atoms with E-state index in [4.69, 9.17) is 10.9 Å². The van der Waals surface area contributed by atoms with Crippen LogP contribution >= 0.6 is 0 Å². The molecule has 104 valence electrons. The number of phenolic OH excluding ortho intramolecular Hbond substituents is 1. The van der Waals surface area contributed by atoms with Gasteiger partial charge in [0.15, 0.2) is 5.84 Å². The minimum absolute atomic E-state index is 0.102. The lowest BCUT2D eigenvalue weighted by molar-refractivity contribution is 0.102. The van der Waals surface area contributed by atoms with Gasteiger partial charge in [0.1, 0.15) is 11.6 Å². The van der Waals surface area contributed by atoms with Crippen molar-refractivity contribution in [1.82, 2.24) is 10.2 Å². The van der Waals surface area contributed by atoms with E-state index in [1.54, 1.807) is 19.1 Å². The van der Waals surface area contributed by atoms with Gasteiger partial charge in [0.25, 0.3) is 5.91 Å². The average molecular weight is 275 g/mol. The molecule has 20 heavy (non-hydrogen) atoms. The molecule has 0 bridgehead atoms. The molecule has 8 heteroatoms. The highest BCUT2D eigenvalue weighted by Gasteiger charge is 2.16. The number of rotatable bonds is 3. The molecule has 0 aliphatic heterocycles. The van der Waals surface area contributed by atoms with Gasteiger partial charge in [-0.05, 0) is 18.6 Å². The standard InChI is InChI=1S/C12H13N5O3/c1-6-3-2-4-7(9(6)18)12(19)15-11-8(5-14-16-11)10(13)17-20/h2-5,18,20H,1H3,(H2,13,17)(H2,14,15,16,19). The smallest absolute Gasteiger partial charge is 0.260 e. The number of para-hydroxylation sites is 1. The van der Waals surface area contributed by atoms with Gasteiger partial charge in [-0.2, -0.15) is 5.10 Å². The van der Waals surface area contributed by atoms with Crippen LogP contribution in [0.15, 0.2) is 29.6 Å². The summed E-state index contributed by atoms with van der Waals surface area (Å²) in [6, 6.07) is 4.82. The van der Waals surface area contributed by atoms with Gasteiger partial charge in [-0.1, -0.05) is 17.3 Å². The Morgan fingerprint density at radius 3 is 2.90 bits per heavy atom. The van der Waals surface area contributed by atoms with Gasteiger partial charge in [0.05, 0.1) is 17.3 Å². The first-order valence-electron chi connectivity index (χ1n) is 5.65. The quantitative estimate of drug-likeness (QED) is 0.244. The summed E-state index contributed by atoms with van der Waals surface area (Å²) in [5, 5.41) is 30.0. The molecule has 1 amide bonds. The van der Waals surface area contributed by atoms with Crippen LogP contribution in [0, 0.1) is 6.92 Å². The summed E-state index contributed by atoms with van der Waals surface area (Å²) in [6.45, 7) is 1.68. The number of amidine groups is 1. The molecule has 1 aromatic heterocycles. The number of nitrogens with two attached hydrogens (primary N) is 1. The number of aryl methyl sites for hydroxylation is 1. The predicted octanol–water partition coefficient (Wildman–Crippen LogP) is 0.771. The number of aromatic nitrogens is 2. The summed E-state index contributed by atoms with van der Waals surface area (Å²) < 4.78 is 0. The van der Waals surface area contributed by atoms with Gasteiger partial charge < -0.3 is 21.4 Å². The normalized spacial score (nSPS) is 11.3. The van der Waals surface area contributed by atoms with Crippen LogP contribution in [0.1, 0.15) is 21.5 Å². The summed E-state index contributed by atoms with van der Waals surface area (Å²) in [7, 11) is 0. The lowest BCUT2D eigenvalue weighted by Crippen LogP contribution is -2.18. The van der Waals surface area contributed by atoms with E-state index in [9.17, 15) is 9.90 Å². The second kappa shape index (κ2) is 5.31. The van der Waals surface area contributed by atoms with Crippen molar-refractivity contribution in [3.05, 3.63) is 41.1 Å². The fraction of sp³-hybridized carbons (Fsp3) is 0.0833. The molecule has 0 fully saturated rings. The Bertz CT molecular complexity index is 677. The number of amides is 1. The van der Waals surface area contributed by atoms with Crippen molar-refractivity contribution in [2.24, 2.45) is 10.9 Å². The van der Waals surface area contributed by atoms with E-state index in [0.29, 0.717) is 5.56 Å². The number of nitrogens with zero attached hydrogens (tertiary/aromatic N) is 2. The van der Waals surface area contributed by atoms with E-state index in [1.807, 2.05) is 0 Å². The highest BCUT2D eigenvalue weighted by molar-refractivity contribution is 6.10. The van der Waals surface area contributed by atoms with Crippen LogP contribution in [0.3, 0.4) is 0 Å². The first kappa shape index (κ1) is 13.4. The second-order valence-electron chi connectivity index (χ2n) is 4.07. The lowest BCUT2D eigenvalue weighted by Gasteiger charge is -2.08. The molecule has 2 aromatic rings. The molecule has 0 saturated carbocycles. The number of anilines is 1. The Labute approximate surface area is 113 Å². The van der Waals surface area contributed by atoms with E-state index in [2.05, 4.69) is 20.7 Å². The zero-order chi connectivity index (χ0) is 14.7. The molecule has 0 saturated heterocycles. The van der Waals surface area contributed by atoms with Crippen LogP contribution in [0.25, 0.3) is 0 Å². The fourth-order valence-corrected chi connectivity index (χ4v) is 1.65. The summed E-state index contributed by atoms with van der Waals surface area (Å²) in [5.74, 6) is -0.661. The van der Waals surface area contributed by atoms with E-state index in [0.717, 1.165) is 0 Å². The molecule has 0 spiro atoms. The zero-order valence-electron chi connectivity index (χ0n) is 10.6. The van der Waals surface area contributed by atoms with Gasteiger partial charge in [-0.15, -0.1) is 0 Å². The van der Waals surface area contributed by atoms with Crippen LogP contribution in [-0.2, 0) is 0 Å². The van der Waals surface area contributed by atoms with Crippen molar-refractivity contribution in [2.75, 3.05) is 5.32 Å². The van der Waals surface area contributed by atoms with Crippen LogP contribution in [0.2, 0.25) is 0 Å². The van der Waals surface area contributed by atoms with E-state index in [-0.39, 0.29) is 28.5 Å². The molecule has 2 rings (SSSR count). The minimum Gasteiger partial charge on any atom is -0.507 e. The molecule has 1 heterocycles. The zero-order valence-corrected chi connectivity index (χ0v) is 10.6. The summed E-state index contributed by atoms with van der Waals surface area (Å²) in [6.07, 6.45) is 1.31. The number of hydrogen-bond donors (Lipinski definition) is 5. The summed E-state index contributed by atoms with van der Waals surface area (Å²) >= 11 is 0. The topological polar surface area (TPSA) is 137 Å². The van der Waals surface area contributed by atoms with Crippen molar-refractivity contribution in [3.63, 3.8) is 0 Å². The lowest BCUT2D eigenvalue weighted by atomic mass is 10.1. The number of carbonyl (C=O) groups is 1. The maximum Gasteiger partial charge on any atom is 0.260 e. The number of phenols is 1. The molecule has 0 aliphatic carbocycles. The van der Waals surface area contributed by atoms with Crippen molar-refractivity contribution in [2.45, 2.75) is 6.92 Å². The summed E-state index contributed by atoms with van der Waals surface area (Å²) in [4.78, 5) is 12.1. The van der Waals surface area contributed by atoms with Crippen molar-refractivity contribution in [1.29, 1.82) is 0 Å². The predicted molar refractivity (Wildman–Crippen MR) is 71.9 cm³/mol. The highest BCUT2D eigenvalue weighted by atomic mass is 16.4. The molecule has 1 aromatic carbocycles. The molecular weight excluding hydrogens is 262 g/mol. The maximum absolute atomic E-state index is 12.1.